The van der Waals surface area contributed by atoms with Crippen LogP contribution in [0.15, 0.2) is 23.8 Å². The van der Waals surface area contributed by atoms with E-state index in [9.17, 15) is 19.8 Å². The molecule has 3 saturated carbocycles. The Labute approximate surface area is 183 Å². The van der Waals surface area contributed by atoms with E-state index in [1.54, 1.807) is 12.2 Å². The van der Waals surface area contributed by atoms with E-state index in [4.69, 9.17) is 9.47 Å². The van der Waals surface area contributed by atoms with E-state index in [2.05, 4.69) is 20.8 Å². The second-order valence-corrected chi connectivity index (χ2v) is 10.7. The Morgan fingerprint density at radius 2 is 2.10 bits per heavy atom. The molecule has 0 aromatic rings. The molecule has 6 nitrogen and oxygen atoms in total. The molecule has 5 rings (SSSR count). The fourth-order valence-corrected chi connectivity index (χ4v) is 8.12. The summed E-state index contributed by atoms with van der Waals surface area (Å²) in [6, 6.07) is 0. The van der Waals surface area contributed by atoms with E-state index < -0.39 is 36.1 Å². The number of ether oxygens (including phenoxy) is 2. The van der Waals surface area contributed by atoms with Crippen LogP contribution in [0.1, 0.15) is 59.3 Å². The van der Waals surface area contributed by atoms with Gasteiger partial charge in [0.25, 0.3) is 0 Å². The topological polar surface area (TPSA) is 93.1 Å². The molecule has 170 valence electrons. The number of allylic oxidation sites excluding steroid dienone is 4. The molecular weight excluding hydrogens is 396 g/mol. The van der Waals surface area contributed by atoms with Crippen LogP contribution in [-0.4, -0.2) is 52.5 Å². The van der Waals surface area contributed by atoms with Crippen LogP contribution in [0.4, 0.5) is 0 Å². The van der Waals surface area contributed by atoms with E-state index in [-0.39, 0.29) is 34.7 Å². The maximum atomic E-state index is 13.2. The highest BCUT2D eigenvalue weighted by Gasteiger charge is 2.75. The van der Waals surface area contributed by atoms with Gasteiger partial charge in [0, 0.05) is 16.7 Å². The van der Waals surface area contributed by atoms with Crippen LogP contribution in [0.5, 0.6) is 0 Å². The zero-order valence-corrected chi connectivity index (χ0v) is 18.7. The number of hydrogen-bond donors (Lipinski definition) is 2. The van der Waals surface area contributed by atoms with Gasteiger partial charge in [0.05, 0.1) is 12.2 Å². The minimum atomic E-state index is -1.20. The molecule has 0 spiro atoms. The van der Waals surface area contributed by atoms with Crippen molar-refractivity contribution in [1.29, 1.82) is 0 Å². The van der Waals surface area contributed by atoms with Crippen molar-refractivity contribution in [2.45, 2.75) is 83.4 Å². The molecule has 1 heterocycles. The highest BCUT2D eigenvalue weighted by atomic mass is 16.7. The lowest BCUT2D eigenvalue weighted by atomic mass is 9.46. The summed E-state index contributed by atoms with van der Waals surface area (Å²) in [6.07, 6.45) is 8.31. The standard InChI is InChI=1S/C25H34O6/c1-4-5-21-30-20-11-17-16-7-6-14-10-15(27)8-9-23(14,2)22(16)18(28)12-24(17,3)25(20,31-21)19(29)13-26/h8-10,16-18,20-22,26,28H,4-7,11-13H2,1-3H3/t16?,17-,18?,20+,21?,22+,23?,24?,25+/m0/s1. The normalized spacial score (nSPS) is 50.4. The van der Waals surface area contributed by atoms with Crippen LogP contribution in [0.2, 0.25) is 0 Å². The Morgan fingerprint density at radius 3 is 2.81 bits per heavy atom. The number of ketones is 2. The molecule has 4 fully saturated rings. The number of carbonyl (C=O) groups excluding carboxylic acids is 2. The molecule has 5 aliphatic rings. The summed E-state index contributed by atoms with van der Waals surface area (Å²) in [7, 11) is 0. The van der Waals surface area contributed by atoms with Gasteiger partial charge in [0.15, 0.2) is 23.5 Å². The number of fused-ring (bicyclic) bond motifs is 7. The second-order valence-electron chi connectivity index (χ2n) is 10.7. The molecule has 0 radical (unpaired) electrons. The molecule has 0 amide bonds. The van der Waals surface area contributed by atoms with Gasteiger partial charge in [-0.3, -0.25) is 9.59 Å². The first-order chi connectivity index (χ1) is 14.7. The number of carbonyl (C=O) groups is 2. The smallest absolute Gasteiger partial charge is 0.193 e. The van der Waals surface area contributed by atoms with E-state index >= 15 is 0 Å². The Hall–Kier alpha value is -1.34. The molecule has 2 N–H and O–H groups in total. The van der Waals surface area contributed by atoms with Gasteiger partial charge in [-0.1, -0.05) is 38.8 Å². The molecule has 6 heteroatoms. The Morgan fingerprint density at radius 1 is 1.32 bits per heavy atom. The van der Waals surface area contributed by atoms with Gasteiger partial charge in [-0.25, -0.2) is 0 Å². The first-order valence-corrected chi connectivity index (χ1v) is 11.8. The number of hydrogen-bond acceptors (Lipinski definition) is 6. The fourth-order valence-electron chi connectivity index (χ4n) is 8.12. The lowest BCUT2D eigenvalue weighted by Gasteiger charge is -2.59. The number of Topliss-reactive ketones (excluding diaryl/α,β-unsaturated/α-hetero) is 1. The molecule has 1 aliphatic heterocycles. The van der Waals surface area contributed by atoms with Crippen molar-refractivity contribution in [2.24, 2.45) is 28.6 Å². The van der Waals surface area contributed by atoms with Gasteiger partial charge >= 0.3 is 0 Å². The second kappa shape index (κ2) is 7.08. The van der Waals surface area contributed by atoms with Crippen molar-refractivity contribution in [3.05, 3.63) is 23.8 Å². The molecule has 0 bridgehead atoms. The van der Waals surface area contributed by atoms with Gasteiger partial charge < -0.3 is 19.7 Å². The average molecular weight is 431 g/mol. The van der Waals surface area contributed by atoms with Crippen molar-refractivity contribution >= 4 is 11.6 Å². The van der Waals surface area contributed by atoms with Gasteiger partial charge in [0.2, 0.25) is 0 Å². The Kier molecular flexibility index (Phi) is 4.91. The third kappa shape index (κ3) is 2.65. The summed E-state index contributed by atoms with van der Waals surface area (Å²) in [6.45, 7) is 5.67. The third-order valence-corrected chi connectivity index (χ3v) is 9.37. The van der Waals surface area contributed by atoms with Gasteiger partial charge in [-0.05, 0) is 56.1 Å². The van der Waals surface area contributed by atoms with Crippen LogP contribution in [0.25, 0.3) is 0 Å². The van der Waals surface area contributed by atoms with E-state index in [1.807, 2.05) is 6.08 Å². The van der Waals surface area contributed by atoms with Crippen LogP contribution in [-0.2, 0) is 19.1 Å². The Balaban J connectivity index is 1.55. The van der Waals surface area contributed by atoms with E-state index in [0.717, 1.165) is 24.8 Å². The van der Waals surface area contributed by atoms with Crippen molar-refractivity contribution < 1.29 is 29.3 Å². The number of rotatable bonds is 4. The monoisotopic (exact) mass is 430 g/mol. The highest BCUT2D eigenvalue weighted by molar-refractivity contribution is 6.01. The summed E-state index contributed by atoms with van der Waals surface area (Å²) in [5, 5.41) is 21.4. The third-order valence-electron chi connectivity index (χ3n) is 9.37. The van der Waals surface area contributed by atoms with Crippen molar-refractivity contribution in [2.75, 3.05) is 6.61 Å². The summed E-state index contributed by atoms with van der Waals surface area (Å²) >= 11 is 0. The minimum absolute atomic E-state index is 0.0125. The predicted molar refractivity (Wildman–Crippen MR) is 113 cm³/mol. The number of aliphatic hydroxyl groups is 2. The molecule has 5 unspecified atom stereocenters. The zero-order chi connectivity index (χ0) is 22.2. The van der Waals surface area contributed by atoms with Crippen molar-refractivity contribution in [3.63, 3.8) is 0 Å². The van der Waals surface area contributed by atoms with E-state index in [1.165, 1.54) is 0 Å². The molecule has 1 saturated heterocycles. The lowest BCUT2D eigenvalue weighted by molar-refractivity contribution is -0.200. The van der Waals surface area contributed by atoms with Gasteiger partial charge in [-0.2, -0.15) is 0 Å². The maximum absolute atomic E-state index is 13.2. The minimum Gasteiger partial charge on any atom is -0.393 e. The SMILES string of the molecule is CCCC1O[C@@H]2C[C@H]3C4CCC5=CC(=O)C=CC5(C)[C@H]4C(O)CC3(C)[C@]2(C(=O)CO)O1. The predicted octanol–water partition coefficient (Wildman–Crippen LogP) is 2.72. The van der Waals surface area contributed by atoms with Gasteiger partial charge in [-0.15, -0.1) is 0 Å². The highest BCUT2D eigenvalue weighted by Crippen LogP contribution is 2.69. The first-order valence-electron chi connectivity index (χ1n) is 11.8. The molecule has 9 atom stereocenters. The maximum Gasteiger partial charge on any atom is 0.193 e. The van der Waals surface area contributed by atoms with Crippen LogP contribution < -0.4 is 0 Å². The van der Waals surface area contributed by atoms with Crippen molar-refractivity contribution in [3.8, 4) is 0 Å². The average Bonchev–Trinajstić information content (AvgIpc) is 3.20. The van der Waals surface area contributed by atoms with Crippen LogP contribution >= 0.6 is 0 Å². The van der Waals surface area contributed by atoms with Crippen molar-refractivity contribution in [1.82, 2.24) is 0 Å². The van der Waals surface area contributed by atoms with Crippen LogP contribution in [0.3, 0.4) is 0 Å². The fraction of sp³-hybridized carbons (Fsp3) is 0.760. The van der Waals surface area contributed by atoms with E-state index in [0.29, 0.717) is 19.3 Å². The zero-order valence-electron chi connectivity index (χ0n) is 18.7. The number of aliphatic hydroxyl groups excluding tert-OH is 2. The molecule has 0 aromatic carbocycles. The quantitative estimate of drug-likeness (QED) is 0.712. The lowest BCUT2D eigenvalue weighted by Crippen LogP contribution is -2.63. The summed E-state index contributed by atoms with van der Waals surface area (Å²) in [4.78, 5) is 25.2. The van der Waals surface area contributed by atoms with Gasteiger partial charge in [0.1, 0.15) is 6.61 Å². The first kappa shape index (κ1) is 21.5. The summed E-state index contributed by atoms with van der Waals surface area (Å²) in [5.74, 6) is 0.0274. The molecular formula is C25H34O6. The summed E-state index contributed by atoms with van der Waals surface area (Å²) < 4.78 is 12.7. The largest absolute Gasteiger partial charge is 0.393 e. The van der Waals surface area contributed by atoms with Crippen LogP contribution in [0, 0.1) is 28.6 Å². The molecule has 4 aliphatic carbocycles. The molecule has 31 heavy (non-hydrogen) atoms. The summed E-state index contributed by atoms with van der Waals surface area (Å²) in [5.41, 5.74) is -1.05. The Bertz CT molecular complexity index is 862. The molecule has 0 aromatic heterocycles.